The van der Waals surface area contributed by atoms with Gasteiger partial charge in [-0.3, -0.25) is 0 Å². The zero-order valence-corrected chi connectivity index (χ0v) is 17.3. The molecule has 9 heteroatoms. The molecule has 0 spiro atoms. The number of aliphatic hydroxyl groups is 1. The Bertz CT molecular complexity index is 1060. The maximum absolute atomic E-state index is 14.3. The Morgan fingerprint density at radius 1 is 1.10 bits per heavy atom. The molecule has 166 valence electrons. The summed E-state index contributed by atoms with van der Waals surface area (Å²) in [7, 11) is 1.42. The molecular weight excluding hydrogens is 411 g/mol. The summed E-state index contributed by atoms with van der Waals surface area (Å²) in [5.41, 5.74) is -1.77. The van der Waals surface area contributed by atoms with Gasteiger partial charge in [-0.25, -0.2) is 4.98 Å². The maximum Gasteiger partial charge on any atom is 0.428 e. The quantitative estimate of drug-likeness (QED) is 0.662. The number of hydrogen-bond donors (Lipinski definition) is 1. The number of methoxy groups -OCH3 is 1. The van der Waals surface area contributed by atoms with E-state index in [-0.39, 0.29) is 12.1 Å². The summed E-state index contributed by atoms with van der Waals surface area (Å²) in [4.78, 5) is 6.37. The number of rotatable bonds is 5. The highest BCUT2D eigenvalue weighted by molar-refractivity contribution is 5.81. The Labute approximate surface area is 177 Å². The van der Waals surface area contributed by atoms with Crippen LogP contribution >= 0.6 is 0 Å². The van der Waals surface area contributed by atoms with Crippen LogP contribution in [-0.2, 0) is 16.9 Å². The van der Waals surface area contributed by atoms with Crippen molar-refractivity contribution in [3.8, 4) is 5.75 Å². The molecule has 1 saturated heterocycles. The highest BCUT2D eigenvalue weighted by Crippen LogP contribution is 2.45. The first-order chi connectivity index (χ1) is 14.8. The average Bonchev–Trinajstić information content (AvgIpc) is 3.16. The number of morpholine rings is 1. The smallest absolute Gasteiger partial charge is 0.428 e. The largest absolute Gasteiger partial charge is 0.497 e. The van der Waals surface area contributed by atoms with E-state index >= 15 is 0 Å². The van der Waals surface area contributed by atoms with Crippen molar-refractivity contribution in [3.63, 3.8) is 0 Å². The topological polar surface area (TPSA) is 59.8 Å². The lowest BCUT2D eigenvalue weighted by Crippen LogP contribution is -2.45. The first-order valence-electron chi connectivity index (χ1n) is 10.1. The van der Waals surface area contributed by atoms with Crippen LogP contribution in [0.3, 0.4) is 0 Å². The second-order valence-electron chi connectivity index (χ2n) is 7.39. The fourth-order valence-corrected chi connectivity index (χ4v) is 3.98. The Balaban J connectivity index is 1.88. The van der Waals surface area contributed by atoms with Gasteiger partial charge in [0.2, 0.25) is 5.60 Å². The molecule has 1 fully saturated rings. The van der Waals surface area contributed by atoms with Crippen LogP contribution in [0.5, 0.6) is 5.75 Å². The zero-order chi connectivity index (χ0) is 22.2. The van der Waals surface area contributed by atoms with Gasteiger partial charge >= 0.3 is 6.18 Å². The van der Waals surface area contributed by atoms with Gasteiger partial charge in [-0.2, -0.15) is 13.2 Å². The fraction of sp³-hybridized carbons (Fsp3) is 0.409. The third-order valence-electron chi connectivity index (χ3n) is 5.67. The number of imidazole rings is 1. The number of halogens is 3. The Hall–Kier alpha value is -2.78. The molecule has 1 aliphatic rings. The molecule has 2 heterocycles. The maximum atomic E-state index is 14.3. The number of alkyl halides is 3. The van der Waals surface area contributed by atoms with Crippen molar-refractivity contribution >= 4 is 16.7 Å². The monoisotopic (exact) mass is 435 g/mol. The van der Waals surface area contributed by atoms with E-state index in [1.165, 1.54) is 35.9 Å². The van der Waals surface area contributed by atoms with Crippen LogP contribution in [-0.4, -0.2) is 54.2 Å². The van der Waals surface area contributed by atoms with E-state index in [1.54, 1.807) is 13.0 Å². The molecule has 6 nitrogen and oxygen atoms in total. The number of aryl methyl sites for hydroxylation is 1. The Kier molecular flexibility index (Phi) is 5.57. The van der Waals surface area contributed by atoms with Crippen molar-refractivity contribution in [2.75, 3.05) is 38.3 Å². The average molecular weight is 435 g/mol. The molecule has 0 aliphatic carbocycles. The van der Waals surface area contributed by atoms with E-state index in [1.807, 2.05) is 12.1 Å². The van der Waals surface area contributed by atoms with Crippen LogP contribution in [0.1, 0.15) is 18.3 Å². The van der Waals surface area contributed by atoms with Gasteiger partial charge in [0.05, 0.1) is 31.4 Å². The minimum absolute atomic E-state index is 0.215. The molecule has 0 saturated carbocycles. The summed E-state index contributed by atoms with van der Waals surface area (Å²) in [5, 5.41) is 11.1. The van der Waals surface area contributed by atoms with E-state index in [9.17, 15) is 18.3 Å². The summed E-state index contributed by atoms with van der Waals surface area (Å²) in [5.74, 6) is -0.0609. The number of anilines is 1. The zero-order valence-electron chi connectivity index (χ0n) is 17.3. The van der Waals surface area contributed by atoms with Gasteiger partial charge in [0.15, 0.2) is 5.82 Å². The molecule has 1 atom stereocenters. The number of benzene rings is 2. The van der Waals surface area contributed by atoms with Gasteiger partial charge < -0.3 is 24.0 Å². The van der Waals surface area contributed by atoms with Crippen molar-refractivity contribution in [3.05, 3.63) is 53.9 Å². The minimum Gasteiger partial charge on any atom is -0.497 e. The third-order valence-corrected chi connectivity index (χ3v) is 5.67. The summed E-state index contributed by atoms with van der Waals surface area (Å²) >= 11 is 0. The molecule has 0 radical (unpaired) electrons. The third kappa shape index (κ3) is 3.61. The molecule has 1 unspecified atom stereocenters. The van der Waals surface area contributed by atoms with Gasteiger partial charge in [-0.15, -0.1) is 0 Å². The molecule has 1 N–H and O–H groups in total. The predicted molar refractivity (Wildman–Crippen MR) is 110 cm³/mol. The van der Waals surface area contributed by atoms with E-state index < -0.39 is 17.6 Å². The van der Waals surface area contributed by atoms with Crippen LogP contribution in [0.25, 0.3) is 11.0 Å². The fourth-order valence-electron chi connectivity index (χ4n) is 3.98. The standard InChI is InChI=1S/C22H24F3N3O3/c1-3-28-19-14-16(27-10-12-31-13-11-27)6-9-18(19)26-20(28)21(29,22(23,24)25)15-4-7-17(30-2)8-5-15/h4-9,14,29H,3,10-13H2,1-2H3. The van der Waals surface area contributed by atoms with Crippen molar-refractivity contribution in [1.29, 1.82) is 0 Å². The number of ether oxygens (including phenoxy) is 2. The molecule has 31 heavy (non-hydrogen) atoms. The molecule has 1 aliphatic heterocycles. The van der Waals surface area contributed by atoms with Gasteiger partial charge in [-0.05, 0) is 37.3 Å². The first-order valence-corrected chi connectivity index (χ1v) is 10.1. The molecule has 0 bridgehead atoms. The Morgan fingerprint density at radius 3 is 2.35 bits per heavy atom. The highest BCUT2D eigenvalue weighted by Gasteiger charge is 2.59. The summed E-state index contributed by atoms with van der Waals surface area (Å²) in [6, 6.07) is 10.6. The SMILES string of the molecule is CCn1c(C(O)(c2ccc(OC)cc2)C(F)(F)F)nc2ccc(N3CCOCC3)cc21. The molecule has 1 aromatic heterocycles. The van der Waals surface area contributed by atoms with Crippen LogP contribution in [0.15, 0.2) is 42.5 Å². The summed E-state index contributed by atoms with van der Waals surface area (Å²) < 4.78 is 54.8. The summed E-state index contributed by atoms with van der Waals surface area (Å²) in [6.45, 7) is 4.56. The lowest BCUT2D eigenvalue weighted by atomic mass is 9.92. The van der Waals surface area contributed by atoms with Crippen molar-refractivity contribution in [2.24, 2.45) is 0 Å². The van der Waals surface area contributed by atoms with E-state index in [0.29, 0.717) is 43.1 Å². The first kappa shape index (κ1) is 21.5. The molecule has 0 amide bonds. The van der Waals surface area contributed by atoms with Crippen molar-refractivity contribution in [1.82, 2.24) is 9.55 Å². The lowest BCUT2D eigenvalue weighted by molar-refractivity contribution is -0.252. The predicted octanol–water partition coefficient (Wildman–Crippen LogP) is 3.70. The van der Waals surface area contributed by atoms with Gasteiger partial charge in [-0.1, -0.05) is 12.1 Å². The highest BCUT2D eigenvalue weighted by atomic mass is 19.4. The van der Waals surface area contributed by atoms with Crippen molar-refractivity contribution < 1.29 is 27.8 Å². The van der Waals surface area contributed by atoms with E-state index in [0.717, 1.165) is 5.69 Å². The van der Waals surface area contributed by atoms with Crippen LogP contribution in [0.2, 0.25) is 0 Å². The summed E-state index contributed by atoms with van der Waals surface area (Å²) in [6.07, 6.45) is -4.98. The van der Waals surface area contributed by atoms with Crippen LogP contribution in [0, 0.1) is 0 Å². The number of nitrogens with zero attached hydrogens (tertiary/aromatic N) is 3. The molecule has 4 rings (SSSR count). The van der Waals surface area contributed by atoms with Gasteiger partial charge in [0, 0.05) is 30.9 Å². The number of hydrogen-bond acceptors (Lipinski definition) is 5. The van der Waals surface area contributed by atoms with E-state index in [4.69, 9.17) is 9.47 Å². The molecular formula is C22H24F3N3O3. The Morgan fingerprint density at radius 2 is 1.77 bits per heavy atom. The molecule has 2 aromatic carbocycles. The second kappa shape index (κ2) is 8.05. The lowest BCUT2D eigenvalue weighted by Gasteiger charge is -2.31. The number of aromatic nitrogens is 2. The second-order valence-corrected chi connectivity index (χ2v) is 7.39. The van der Waals surface area contributed by atoms with Crippen LogP contribution in [0.4, 0.5) is 18.9 Å². The minimum atomic E-state index is -4.98. The van der Waals surface area contributed by atoms with Crippen molar-refractivity contribution in [2.45, 2.75) is 25.2 Å². The van der Waals surface area contributed by atoms with Gasteiger partial charge in [0.25, 0.3) is 0 Å². The van der Waals surface area contributed by atoms with E-state index in [2.05, 4.69) is 9.88 Å². The van der Waals surface area contributed by atoms with Gasteiger partial charge in [0.1, 0.15) is 5.75 Å². The normalized spacial score (nSPS) is 17.0. The number of fused-ring (bicyclic) bond motifs is 1. The van der Waals surface area contributed by atoms with Crippen LogP contribution < -0.4 is 9.64 Å². The molecule has 3 aromatic rings.